The number of methoxy groups -OCH3 is 2. The highest BCUT2D eigenvalue weighted by Crippen LogP contribution is 2.09. The molecular formula is C13H14O4. The Morgan fingerprint density at radius 2 is 1.59 bits per heavy atom. The van der Waals surface area contributed by atoms with Gasteiger partial charge in [0.15, 0.2) is 5.92 Å². The van der Waals surface area contributed by atoms with Crippen molar-refractivity contribution < 1.29 is 19.1 Å². The summed E-state index contributed by atoms with van der Waals surface area (Å²) in [5.41, 5.74) is 0.894. The van der Waals surface area contributed by atoms with Crippen LogP contribution < -0.4 is 0 Å². The Morgan fingerprint density at radius 3 is 2.06 bits per heavy atom. The second-order valence-corrected chi connectivity index (χ2v) is 3.29. The van der Waals surface area contributed by atoms with E-state index in [-0.39, 0.29) is 0 Å². The molecule has 0 aliphatic heterocycles. The number of hydrogen-bond acceptors (Lipinski definition) is 4. The lowest BCUT2D eigenvalue weighted by Crippen LogP contribution is -2.24. The van der Waals surface area contributed by atoms with Crippen molar-refractivity contribution in [2.24, 2.45) is 5.92 Å². The molecular weight excluding hydrogens is 220 g/mol. The zero-order valence-corrected chi connectivity index (χ0v) is 9.75. The molecule has 1 aromatic rings. The Hall–Kier alpha value is -2.10. The number of carbonyl (C=O) groups excluding carboxylic acids is 2. The summed E-state index contributed by atoms with van der Waals surface area (Å²) in [5, 5.41) is 0. The second kappa shape index (κ2) is 6.48. The van der Waals surface area contributed by atoms with Gasteiger partial charge in [-0.2, -0.15) is 0 Å². The van der Waals surface area contributed by atoms with Crippen LogP contribution in [-0.4, -0.2) is 26.2 Å². The van der Waals surface area contributed by atoms with Crippen molar-refractivity contribution in [1.82, 2.24) is 0 Å². The summed E-state index contributed by atoms with van der Waals surface area (Å²) >= 11 is 0. The summed E-state index contributed by atoms with van der Waals surface area (Å²) < 4.78 is 9.07. The summed E-state index contributed by atoms with van der Waals surface area (Å²) in [6.45, 7) is 0. The van der Waals surface area contributed by atoms with Crippen molar-refractivity contribution in [2.75, 3.05) is 14.2 Å². The molecule has 0 radical (unpaired) electrons. The lowest BCUT2D eigenvalue weighted by Gasteiger charge is -2.07. The normalized spacial score (nSPS) is 10.5. The van der Waals surface area contributed by atoms with Crippen LogP contribution in [0.25, 0.3) is 6.08 Å². The van der Waals surface area contributed by atoms with Crippen LogP contribution in [0.5, 0.6) is 0 Å². The van der Waals surface area contributed by atoms with E-state index in [4.69, 9.17) is 0 Å². The number of hydrogen-bond donors (Lipinski definition) is 0. The molecule has 1 aromatic carbocycles. The van der Waals surface area contributed by atoms with Gasteiger partial charge in [-0.05, 0) is 5.56 Å². The molecule has 1 rings (SSSR count). The van der Waals surface area contributed by atoms with Crippen LogP contribution in [-0.2, 0) is 19.1 Å². The van der Waals surface area contributed by atoms with Gasteiger partial charge in [-0.25, -0.2) is 0 Å². The predicted octanol–water partition coefficient (Wildman–Crippen LogP) is 1.66. The molecule has 0 aliphatic carbocycles. The number of benzene rings is 1. The topological polar surface area (TPSA) is 52.6 Å². The zero-order valence-electron chi connectivity index (χ0n) is 9.75. The number of ether oxygens (including phenoxy) is 2. The van der Waals surface area contributed by atoms with E-state index in [1.165, 1.54) is 20.3 Å². The molecule has 17 heavy (non-hydrogen) atoms. The van der Waals surface area contributed by atoms with Crippen LogP contribution in [0, 0.1) is 5.92 Å². The van der Waals surface area contributed by atoms with Gasteiger partial charge < -0.3 is 9.47 Å². The Kier molecular flexibility index (Phi) is 4.94. The molecule has 4 nitrogen and oxygen atoms in total. The van der Waals surface area contributed by atoms with Crippen LogP contribution in [0.4, 0.5) is 0 Å². The standard InChI is InChI=1S/C13H14O4/c1-16-12(14)11(13(15)17-2)9-8-10-6-4-3-5-7-10/h3-9,11H,1-2H3/b9-8+. The minimum atomic E-state index is -1.02. The lowest BCUT2D eigenvalue weighted by atomic mass is 10.1. The Labute approximate surface area is 99.8 Å². The van der Waals surface area contributed by atoms with Gasteiger partial charge in [0.1, 0.15) is 0 Å². The monoisotopic (exact) mass is 234 g/mol. The third kappa shape index (κ3) is 3.75. The lowest BCUT2D eigenvalue weighted by molar-refractivity contribution is -0.156. The largest absolute Gasteiger partial charge is 0.468 e. The van der Waals surface area contributed by atoms with Crippen molar-refractivity contribution in [1.29, 1.82) is 0 Å². The third-order valence-electron chi connectivity index (χ3n) is 2.19. The van der Waals surface area contributed by atoms with Gasteiger partial charge in [0.05, 0.1) is 14.2 Å². The molecule has 0 aliphatic rings. The molecule has 0 aromatic heterocycles. The first-order valence-corrected chi connectivity index (χ1v) is 5.08. The molecule has 0 heterocycles. The van der Waals surface area contributed by atoms with Crippen molar-refractivity contribution in [2.45, 2.75) is 0 Å². The second-order valence-electron chi connectivity index (χ2n) is 3.29. The fourth-order valence-corrected chi connectivity index (χ4v) is 1.28. The first kappa shape index (κ1) is 13.0. The smallest absolute Gasteiger partial charge is 0.323 e. The maximum Gasteiger partial charge on any atom is 0.323 e. The molecule has 0 spiro atoms. The third-order valence-corrected chi connectivity index (χ3v) is 2.19. The minimum Gasteiger partial charge on any atom is -0.468 e. The summed E-state index contributed by atoms with van der Waals surface area (Å²) in [7, 11) is 2.46. The van der Waals surface area contributed by atoms with E-state index in [2.05, 4.69) is 9.47 Å². The molecule has 90 valence electrons. The molecule has 0 saturated heterocycles. The fourth-order valence-electron chi connectivity index (χ4n) is 1.28. The van der Waals surface area contributed by atoms with Gasteiger partial charge in [-0.3, -0.25) is 9.59 Å². The van der Waals surface area contributed by atoms with Crippen molar-refractivity contribution in [3.63, 3.8) is 0 Å². The number of esters is 2. The van der Waals surface area contributed by atoms with Gasteiger partial charge in [-0.15, -0.1) is 0 Å². The number of carbonyl (C=O) groups is 2. The molecule has 0 saturated carbocycles. The minimum absolute atomic E-state index is 0.635. The first-order chi connectivity index (χ1) is 8.19. The van der Waals surface area contributed by atoms with Crippen LogP contribution in [0.2, 0.25) is 0 Å². The highest BCUT2D eigenvalue weighted by Gasteiger charge is 2.25. The van der Waals surface area contributed by atoms with Crippen LogP contribution in [0.15, 0.2) is 36.4 Å². The van der Waals surface area contributed by atoms with E-state index in [9.17, 15) is 9.59 Å². The van der Waals surface area contributed by atoms with E-state index >= 15 is 0 Å². The van der Waals surface area contributed by atoms with Gasteiger partial charge in [-0.1, -0.05) is 42.5 Å². The maximum absolute atomic E-state index is 11.4. The number of rotatable bonds is 4. The maximum atomic E-state index is 11.4. The van der Waals surface area contributed by atoms with Gasteiger partial charge in [0, 0.05) is 0 Å². The Balaban J connectivity index is 2.83. The molecule has 0 unspecified atom stereocenters. The summed E-state index contributed by atoms with van der Waals surface area (Å²) in [6, 6.07) is 9.34. The SMILES string of the molecule is COC(=O)C(/C=C/c1ccccc1)C(=O)OC. The average Bonchev–Trinajstić information content (AvgIpc) is 2.39. The highest BCUT2D eigenvalue weighted by molar-refractivity contribution is 5.97. The van der Waals surface area contributed by atoms with E-state index in [1.54, 1.807) is 6.08 Å². The van der Waals surface area contributed by atoms with E-state index in [1.807, 2.05) is 30.3 Å². The molecule has 0 N–H and O–H groups in total. The molecule has 0 fully saturated rings. The molecule has 4 heteroatoms. The molecule has 0 atom stereocenters. The summed E-state index contributed by atoms with van der Waals surface area (Å²) in [5.74, 6) is -2.29. The van der Waals surface area contributed by atoms with E-state index in [0.29, 0.717) is 0 Å². The van der Waals surface area contributed by atoms with Crippen LogP contribution >= 0.6 is 0 Å². The predicted molar refractivity (Wildman–Crippen MR) is 63.0 cm³/mol. The molecule has 0 amide bonds. The fraction of sp³-hybridized carbons (Fsp3) is 0.231. The van der Waals surface area contributed by atoms with Crippen LogP contribution in [0.3, 0.4) is 0 Å². The zero-order chi connectivity index (χ0) is 12.7. The van der Waals surface area contributed by atoms with Crippen molar-refractivity contribution >= 4 is 18.0 Å². The van der Waals surface area contributed by atoms with Gasteiger partial charge in [0.25, 0.3) is 0 Å². The quantitative estimate of drug-likeness (QED) is 0.587. The van der Waals surface area contributed by atoms with E-state index < -0.39 is 17.9 Å². The van der Waals surface area contributed by atoms with Crippen LogP contribution in [0.1, 0.15) is 5.56 Å². The van der Waals surface area contributed by atoms with Crippen molar-refractivity contribution in [3.05, 3.63) is 42.0 Å². The first-order valence-electron chi connectivity index (χ1n) is 5.08. The Bertz CT molecular complexity index is 393. The molecule has 0 bridgehead atoms. The highest BCUT2D eigenvalue weighted by atomic mass is 16.5. The van der Waals surface area contributed by atoms with E-state index in [0.717, 1.165) is 5.56 Å². The van der Waals surface area contributed by atoms with Gasteiger partial charge in [0.2, 0.25) is 0 Å². The van der Waals surface area contributed by atoms with Crippen molar-refractivity contribution in [3.8, 4) is 0 Å². The average molecular weight is 234 g/mol. The summed E-state index contributed by atoms with van der Waals surface area (Å²) in [4.78, 5) is 22.7. The summed E-state index contributed by atoms with van der Waals surface area (Å²) in [6.07, 6.45) is 3.14. The van der Waals surface area contributed by atoms with Gasteiger partial charge >= 0.3 is 11.9 Å². The Morgan fingerprint density at radius 1 is 1.06 bits per heavy atom.